The lowest BCUT2D eigenvalue weighted by atomic mass is 10.1. The standard InChI is InChI=1S/C14H21N3O4S/c1-10-13(15-6-7-21-10)14(18)16-9-11-4-3-5-12(8-11)17-22(2,19)20/h3-5,8,10,13,15,17H,6-7,9H2,1-2H3,(H,16,18)/t10-,13+/m1/s1. The third kappa shape index (κ3) is 4.97. The molecule has 0 unspecified atom stereocenters. The second-order valence-corrected chi connectivity index (χ2v) is 7.05. The lowest BCUT2D eigenvalue weighted by Gasteiger charge is -2.29. The van der Waals surface area contributed by atoms with Gasteiger partial charge in [0.15, 0.2) is 0 Å². The molecule has 1 saturated heterocycles. The molecule has 8 heteroatoms. The van der Waals surface area contributed by atoms with Gasteiger partial charge in [0.2, 0.25) is 15.9 Å². The third-order valence-corrected chi connectivity index (χ3v) is 3.90. The molecule has 0 spiro atoms. The lowest BCUT2D eigenvalue weighted by molar-refractivity contribution is -0.129. The maximum Gasteiger partial charge on any atom is 0.240 e. The fourth-order valence-corrected chi connectivity index (χ4v) is 2.84. The molecule has 1 aromatic carbocycles. The van der Waals surface area contributed by atoms with Crippen molar-refractivity contribution in [3.05, 3.63) is 29.8 Å². The maximum absolute atomic E-state index is 12.1. The Morgan fingerprint density at radius 3 is 2.91 bits per heavy atom. The van der Waals surface area contributed by atoms with Crippen LogP contribution in [0.4, 0.5) is 5.69 Å². The van der Waals surface area contributed by atoms with Crippen LogP contribution in [0, 0.1) is 0 Å². The summed E-state index contributed by atoms with van der Waals surface area (Å²) in [5.41, 5.74) is 1.29. The largest absolute Gasteiger partial charge is 0.375 e. The minimum Gasteiger partial charge on any atom is -0.375 e. The molecule has 1 aliphatic heterocycles. The van der Waals surface area contributed by atoms with E-state index in [0.717, 1.165) is 11.8 Å². The van der Waals surface area contributed by atoms with Gasteiger partial charge in [-0.15, -0.1) is 0 Å². The first-order chi connectivity index (χ1) is 10.3. The third-order valence-electron chi connectivity index (χ3n) is 3.30. The van der Waals surface area contributed by atoms with Crippen molar-refractivity contribution in [3.8, 4) is 0 Å². The Morgan fingerprint density at radius 2 is 2.23 bits per heavy atom. The molecule has 0 aromatic heterocycles. The number of hydrogen-bond donors (Lipinski definition) is 3. The van der Waals surface area contributed by atoms with Gasteiger partial charge in [-0.25, -0.2) is 8.42 Å². The summed E-state index contributed by atoms with van der Waals surface area (Å²) in [5, 5.41) is 5.95. The van der Waals surface area contributed by atoms with Gasteiger partial charge < -0.3 is 15.4 Å². The summed E-state index contributed by atoms with van der Waals surface area (Å²) in [4.78, 5) is 12.1. The Hall–Kier alpha value is -1.64. The topological polar surface area (TPSA) is 96.5 Å². The summed E-state index contributed by atoms with van der Waals surface area (Å²) in [6.45, 7) is 3.43. The van der Waals surface area contributed by atoms with E-state index in [1.807, 2.05) is 13.0 Å². The van der Waals surface area contributed by atoms with Crippen LogP contribution in [-0.2, 0) is 26.1 Å². The summed E-state index contributed by atoms with van der Waals surface area (Å²) in [6, 6.07) is 6.54. The molecule has 7 nitrogen and oxygen atoms in total. The summed E-state index contributed by atoms with van der Waals surface area (Å²) >= 11 is 0. The van der Waals surface area contributed by atoms with Crippen molar-refractivity contribution in [2.24, 2.45) is 0 Å². The second kappa shape index (κ2) is 7.08. The molecule has 0 saturated carbocycles. The maximum atomic E-state index is 12.1. The van der Waals surface area contributed by atoms with Crippen LogP contribution in [0.5, 0.6) is 0 Å². The number of benzene rings is 1. The van der Waals surface area contributed by atoms with Crippen LogP contribution in [-0.4, -0.2) is 45.9 Å². The molecule has 1 aromatic rings. The zero-order valence-corrected chi connectivity index (χ0v) is 13.4. The number of anilines is 1. The molecule has 1 amide bonds. The Morgan fingerprint density at radius 1 is 1.45 bits per heavy atom. The van der Waals surface area contributed by atoms with Crippen LogP contribution >= 0.6 is 0 Å². The van der Waals surface area contributed by atoms with Crippen LogP contribution < -0.4 is 15.4 Å². The predicted molar refractivity (Wildman–Crippen MR) is 84.0 cm³/mol. The number of ether oxygens (including phenoxy) is 1. The Kier molecular flexibility index (Phi) is 5.38. The van der Waals surface area contributed by atoms with Crippen molar-refractivity contribution in [2.75, 3.05) is 24.1 Å². The van der Waals surface area contributed by atoms with Gasteiger partial charge in [0.05, 0.1) is 19.0 Å². The molecule has 2 rings (SSSR count). The van der Waals surface area contributed by atoms with Crippen LogP contribution in [0.15, 0.2) is 24.3 Å². The molecule has 0 radical (unpaired) electrons. The van der Waals surface area contributed by atoms with E-state index in [9.17, 15) is 13.2 Å². The molecule has 0 aliphatic carbocycles. The van der Waals surface area contributed by atoms with Crippen LogP contribution in [0.3, 0.4) is 0 Å². The first kappa shape index (κ1) is 16.7. The van der Waals surface area contributed by atoms with E-state index < -0.39 is 10.0 Å². The Bertz CT molecular complexity index is 633. The predicted octanol–water partition coefficient (Wildman–Crippen LogP) is 0.0512. The molecular weight excluding hydrogens is 306 g/mol. The van der Waals surface area contributed by atoms with Gasteiger partial charge in [0.25, 0.3) is 0 Å². The van der Waals surface area contributed by atoms with Gasteiger partial charge in [-0.1, -0.05) is 12.1 Å². The summed E-state index contributed by atoms with van der Waals surface area (Å²) < 4.78 is 30.3. The van der Waals surface area contributed by atoms with Crippen molar-refractivity contribution in [2.45, 2.75) is 25.6 Å². The minimum absolute atomic E-state index is 0.131. The van der Waals surface area contributed by atoms with Gasteiger partial charge in [-0.3, -0.25) is 9.52 Å². The number of nitrogens with one attached hydrogen (secondary N) is 3. The first-order valence-corrected chi connectivity index (χ1v) is 8.94. The van der Waals surface area contributed by atoms with Crippen molar-refractivity contribution in [1.29, 1.82) is 0 Å². The van der Waals surface area contributed by atoms with Gasteiger partial charge in [0.1, 0.15) is 6.04 Å². The van der Waals surface area contributed by atoms with E-state index in [0.29, 0.717) is 25.4 Å². The Labute approximate surface area is 130 Å². The summed E-state index contributed by atoms with van der Waals surface area (Å²) in [7, 11) is -3.31. The summed E-state index contributed by atoms with van der Waals surface area (Å²) in [5.74, 6) is -0.131. The summed E-state index contributed by atoms with van der Waals surface area (Å²) in [6.07, 6.45) is 0.921. The number of rotatable bonds is 5. The highest BCUT2D eigenvalue weighted by atomic mass is 32.2. The number of carbonyl (C=O) groups excluding carboxylic acids is 1. The second-order valence-electron chi connectivity index (χ2n) is 5.30. The molecule has 1 aliphatic rings. The fourth-order valence-electron chi connectivity index (χ4n) is 2.29. The number of morpholine rings is 1. The smallest absolute Gasteiger partial charge is 0.240 e. The molecule has 0 bridgehead atoms. The average molecular weight is 327 g/mol. The molecule has 1 fully saturated rings. The highest BCUT2D eigenvalue weighted by molar-refractivity contribution is 7.92. The first-order valence-electron chi connectivity index (χ1n) is 7.04. The van der Waals surface area contributed by atoms with Crippen LogP contribution in [0.2, 0.25) is 0 Å². The Balaban J connectivity index is 1.93. The number of hydrogen-bond acceptors (Lipinski definition) is 5. The van der Waals surface area contributed by atoms with Crippen molar-refractivity contribution in [3.63, 3.8) is 0 Å². The molecule has 1 heterocycles. The molecular formula is C14H21N3O4S. The number of amides is 1. The van der Waals surface area contributed by atoms with E-state index >= 15 is 0 Å². The monoisotopic (exact) mass is 327 g/mol. The van der Waals surface area contributed by atoms with Crippen molar-refractivity contribution >= 4 is 21.6 Å². The zero-order valence-electron chi connectivity index (χ0n) is 12.6. The van der Waals surface area contributed by atoms with E-state index in [2.05, 4.69) is 15.4 Å². The highest BCUT2D eigenvalue weighted by Gasteiger charge is 2.27. The van der Waals surface area contributed by atoms with Crippen LogP contribution in [0.25, 0.3) is 0 Å². The van der Waals surface area contributed by atoms with Crippen molar-refractivity contribution in [1.82, 2.24) is 10.6 Å². The van der Waals surface area contributed by atoms with Gasteiger partial charge in [-0.2, -0.15) is 0 Å². The fraction of sp³-hybridized carbons (Fsp3) is 0.500. The number of sulfonamides is 1. The highest BCUT2D eigenvalue weighted by Crippen LogP contribution is 2.12. The average Bonchev–Trinajstić information content (AvgIpc) is 2.44. The SMILES string of the molecule is C[C@H]1OCCN[C@@H]1C(=O)NCc1cccc(NS(C)(=O)=O)c1. The lowest BCUT2D eigenvalue weighted by Crippen LogP contribution is -2.55. The molecule has 122 valence electrons. The van der Waals surface area contributed by atoms with E-state index in [-0.39, 0.29) is 18.1 Å². The van der Waals surface area contributed by atoms with E-state index in [4.69, 9.17) is 4.74 Å². The number of carbonyl (C=O) groups is 1. The molecule has 3 N–H and O–H groups in total. The van der Waals surface area contributed by atoms with Gasteiger partial charge in [0, 0.05) is 18.8 Å². The molecule has 2 atom stereocenters. The molecule has 22 heavy (non-hydrogen) atoms. The van der Waals surface area contributed by atoms with Crippen molar-refractivity contribution < 1.29 is 17.9 Å². The van der Waals surface area contributed by atoms with Crippen LogP contribution in [0.1, 0.15) is 12.5 Å². The quantitative estimate of drug-likeness (QED) is 0.710. The zero-order chi connectivity index (χ0) is 16.2. The minimum atomic E-state index is -3.31. The van der Waals surface area contributed by atoms with E-state index in [1.165, 1.54) is 0 Å². The van der Waals surface area contributed by atoms with E-state index in [1.54, 1.807) is 18.2 Å². The van der Waals surface area contributed by atoms with Gasteiger partial charge in [-0.05, 0) is 24.6 Å². The van der Waals surface area contributed by atoms with Gasteiger partial charge >= 0.3 is 0 Å². The normalized spacial score (nSPS) is 22.1.